The SMILES string of the molecule is Cc1cc(NC(=O)CSCC(=O)N(c2ccccc2)C(C(=O)NC2C=CCCC2)c2ccc(O)c(O)c2)no1. The number of carbonyl (C=O) groups is 3. The third-order valence-electron chi connectivity index (χ3n) is 6.06. The van der Waals surface area contributed by atoms with Crippen LogP contribution in [0.3, 0.4) is 0 Å². The van der Waals surface area contributed by atoms with Gasteiger partial charge in [-0.1, -0.05) is 41.6 Å². The monoisotopic (exact) mass is 550 g/mol. The maximum Gasteiger partial charge on any atom is 0.248 e. The van der Waals surface area contributed by atoms with Crippen LogP contribution < -0.4 is 15.5 Å². The summed E-state index contributed by atoms with van der Waals surface area (Å²) in [7, 11) is 0. The molecule has 3 aromatic rings. The maximum atomic E-state index is 13.7. The highest BCUT2D eigenvalue weighted by molar-refractivity contribution is 8.00. The van der Waals surface area contributed by atoms with E-state index in [1.54, 1.807) is 43.3 Å². The molecule has 2 atom stereocenters. The van der Waals surface area contributed by atoms with E-state index < -0.39 is 23.6 Å². The first-order chi connectivity index (χ1) is 18.8. The minimum absolute atomic E-state index is 0.0238. The topological polar surface area (TPSA) is 145 Å². The van der Waals surface area contributed by atoms with Crippen LogP contribution in [0.2, 0.25) is 0 Å². The maximum absolute atomic E-state index is 13.7. The van der Waals surface area contributed by atoms with Crippen LogP contribution in [0.4, 0.5) is 11.5 Å². The van der Waals surface area contributed by atoms with Crippen molar-refractivity contribution in [1.29, 1.82) is 0 Å². The van der Waals surface area contributed by atoms with Crippen molar-refractivity contribution in [1.82, 2.24) is 10.5 Å². The molecule has 4 N–H and O–H groups in total. The smallest absolute Gasteiger partial charge is 0.248 e. The minimum atomic E-state index is -1.14. The van der Waals surface area contributed by atoms with E-state index in [1.165, 1.54) is 23.1 Å². The molecule has 3 amide bonds. The lowest BCUT2D eigenvalue weighted by molar-refractivity contribution is -0.126. The lowest BCUT2D eigenvalue weighted by atomic mass is 9.99. The van der Waals surface area contributed by atoms with E-state index in [-0.39, 0.29) is 35.0 Å². The summed E-state index contributed by atoms with van der Waals surface area (Å²) in [5, 5.41) is 29.4. The lowest BCUT2D eigenvalue weighted by Crippen LogP contribution is -2.47. The quantitative estimate of drug-likeness (QED) is 0.218. The summed E-state index contributed by atoms with van der Waals surface area (Å²) in [4.78, 5) is 41.1. The predicted octanol–water partition coefficient (Wildman–Crippen LogP) is 4.07. The molecule has 0 saturated heterocycles. The number of para-hydroxylation sites is 1. The standard InChI is InChI=1S/C28H30N4O6S/c1-18-14-24(31-38-18)30-25(35)16-39-17-26(36)32(21-10-6-3-7-11-21)27(19-12-13-22(33)23(34)15-19)28(37)29-20-8-4-2-5-9-20/h3-4,6-8,10-15,20,27,33-34H,2,5,9,16-17H2,1H3,(H,29,37)(H,30,31,35). The Morgan fingerprint density at radius 1 is 1.10 bits per heavy atom. The number of hydrogen-bond donors (Lipinski definition) is 4. The first-order valence-corrected chi connectivity index (χ1v) is 13.6. The number of anilines is 2. The summed E-state index contributed by atoms with van der Waals surface area (Å²) in [5.74, 6) is -1.22. The van der Waals surface area contributed by atoms with Gasteiger partial charge in [-0.05, 0) is 56.0 Å². The highest BCUT2D eigenvalue weighted by Gasteiger charge is 2.34. The van der Waals surface area contributed by atoms with Gasteiger partial charge in [0.1, 0.15) is 11.8 Å². The van der Waals surface area contributed by atoms with Gasteiger partial charge in [-0.2, -0.15) is 0 Å². The van der Waals surface area contributed by atoms with E-state index in [0.29, 0.717) is 17.0 Å². The Kier molecular flexibility index (Phi) is 9.27. The second-order valence-electron chi connectivity index (χ2n) is 9.09. The lowest BCUT2D eigenvalue weighted by Gasteiger charge is -2.33. The summed E-state index contributed by atoms with van der Waals surface area (Å²) in [6.45, 7) is 1.71. The molecule has 10 nitrogen and oxygen atoms in total. The van der Waals surface area contributed by atoms with Crippen molar-refractivity contribution in [3.05, 3.63) is 78.1 Å². The average Bonchev–Trinajstić information content (AvgIpc) is 3.33. The Morgan fingerprint density at radius 2 is 1.90 bits per heavy atom. The molecule has 0 fully saturated rings. The number of hydrogen-bond acceptors (Lipinski definition) is 8. The summed E-state index contributed by atoms with van der Waals surface area (Å²) in [5.41, 5.74) is 0.793. The fraction of sp³-hybridized carbons (Fsp3) is 0.286. The van der Waals surface area contributed by atoms with Gasteiger partial charge in [0.05, 0.1) is 11.5 Å². The van der Waals surface area contributed by atoms with E-state index in [1.807, 2.05) is 12.2 Å². The van der Waals surface area contributed by atoms with E-state index in [4.69, 9.17) is 4.52 Å². The molecule has 0 saturated carbocycles. The Balaban J connectivity index is 1.58. The number of aromatic hydroxyl groups is 2. The Labute approximate surface area is 230 Å². The van der Waals surface area contributed by atoms with Gasteiger partial charge < -0.3 is 25.4 Å². The van der Waals surface area contributed by atoms with Crippen molar-refractivity contribution in [2.24, 2.45) is 0 Å². The highest BCUT2D eigenvalue weighted by Crippen LogP contribution is 2.34. The number of aromatic nitrogens is 1. The number of aryl methyl sites for hydroxylation is 1. The van der Waals surface area contributed by atoms with Crippen molar-refractivity contribution in [2.75, 3.05) is 21.7 Å². The third-order valence-corrected chi connectivity index (χ3v) is 6.98. The van der Waals surface area contributed by atoms with Crippen LogP contribution in [0, 0.1) is 6.92 Å². The zero-order valence-corrected chi connectivity index (χ0v) is 22.2. The molecule has 1 aromatic heterocycles. The normalized spacial score (nSPS) is 15.4. The third kappa shape index (κ3) is 7.41. The largest absolute Gasteiger partial charge is 0.504 e. The zero-order chi connectivity index (χ0) is 27.8. The molecule has 0 bridgehead atoms. The average molecular weight is 551 g/mol. The van der Waals surface area contributed by atoms with Gasteiger partial charge in [-0.15, -0.1) is 11.8 Å². The van der Waals surface area contributed by atoms with Gasteiger partial charge in [-0.25, -0.2) is 0 Å². The summed E-state index contributed by atoms with van der Waals surface area (Å²) in [6, 6.07) is 13.0. The molecule has 1 heterocycles. The number of carbonyl (C=O) groups excluding carboxylic acids is 3. The molecular weight excluding hydrogens is 520 g/mol. The van der Waals surface area contributed by atoms with E-state index in [0.717, 1.165) is 31.0 Å². The number of benzene rings is 2. The van der Waals surface area contributed by atoms with Crippen LogP contribution in [0.25, 0.3) is 0 Å². The van der Waals surface area contributed by atoms with Crippen molar-refractivity contribution < 1.29 is 29.1 Å². The van der Waals surface area contributed by atoms with Crippen molar-refractivity contribution in [3.63, 3.8) is 0 Å². The fourth-order valence-corrected chi connectivity index (χ4v) is 4.93. The zero-order valence-electron chi connectivity index (χ0n) is 21.4. The predicted molar refractivity (Wildman–Crippen MR) is 149 cm³/mol. The van der Waals surface area contributed by atoms with Gasteiger partial charge in [-0.3, -0.25) is 19.3 Å². The molecule has 11 heteroatoms. The first kappa shape index (κ1) is 27.8. The van der Waals surface area contributed by atoms with Crippen LogP contribution in [0.1, 0.15) is 36.6 Å². The molecule has 39 heavy (non-hydrogen) atoms. The van der Waals surface area contributed by atoms with Crippen LogP contribution in [-0.4, -0.2) is 50.6 Å². The summed E-state index contributed by atoms with van der Waals surface area (Å²) in [6.07, 6.45) is 6.59. The summed E-state index contributed by atoms with van der Waals surface area (Å²) < 4.78 is 4.94. The second-order valence-corrected chi connectivity index (χ2v) is 10.1. The fourth-order valence-electron chi connectivity index (χ4n) is 4.25. The molecule has 2 aromatic carbocycles. The molecular formula is C28H30N4O6S. The number of thioether (sulfide) groups is 1. The van der Waals surface area contributed by atoms with Gasteiger partial charge in [0.2, 0.25) is 17.7 Å². The van der Waals surface area contributed by atoms with E-state index in [2.05, 4.69) is 15.8 Å². The molecule has 204 valence electrons. The highest BCUT2D eigenvalue weighted by atomic mass is 32.2. The number of phenols is 2. The second kappa shape index (κ2) is 13.0. The Morgan fingerprint density at radius 3 is 2.56 bits per heavy atom. The van der Waals surface area contributed by atoms with E-state index >= 15 is 0 Å². The molecule has 0 radical (unpaired) electrons. The number of nitrogens with one attached hydrogen (secondary N) is 2. The molecule has 2 unspecified atom stereocenters. The molecule has 4 rings (SSSR count). The van der Waals surface area contributed by atoms with Gasteiger partial charge >= 0.3 is 0 Å². The van der Waals surface area contributed by atoms with Crippen molar-refractivity contribution in [2.45, 2.75) is 38.3 Å². The molecule has 1 aliphatic rings. The van der Waals surface area contributed by atoms with E-state index in [9.17, 15) is 24.6 Å². The Bertz CT molecular complexity index is 1340. The Hall–Kier alpha value is -4.25. The van der Waals surface area contributed by atoms with Gasteiger partial charge in [0.25, 0.3) is 0 Å². The number of phenolic OH excluding ortho intramolecular Hbond substituents is 2. The molecule has 0 spiro atoms. The number of nitrogens with zero attached hydrogens (tertiary/aromatic N) is 2. The van der Waals surface area contributed by atoms with Gasteiger partial charge in [0, 0.05) is 17.8 Å². The van der Waals surface area contributed by atoms with Crippen LogP contribution in [0.15, 0.2) is 71.3 Å². The summed E-state index contributed by atoms with van der Waals surface area (Å²) >= 11 is 1.09. The van der Waals surface area contributed by atoms with Gasteiger partial charge in [0.15, 0.2) is 17.3 Å². The van der Waals surface area contributed by atoms with Crippen LogP contribution in [0.5, 0.6) is 11.5 Å². The number of amides is 3. The van der Waals surface area contributed by atoms with Crippen LogP contribution >= 0.6 is 11.8 Å². The van der Waals surface area contributed by atoms with Crippen LogP contribution in [-0.2, 0) is 14.4 Å². The molecule has 1 aliphatic carbocycles. The molecule has 0 aliphatic heterocycles. The number of allylic oxidation sites excluding steroid dienone is 1. The minimum Gasteiger partial charge on any atom is -0.504 e. The number of rotatable bonds is 10. The van der Waals surface area contributed by atoms with Crippen molar-refractivity contribution >= 4 is 41.0 Å². The first-order valence-electron chi connectivity index (χ1n) is 12.5. The van der Waals surface area contributed by atoms with Crippen molar-refractivity contribution in [3.8, 4) is 11.5 Å².